The topological polar surface area (TPSA) is 97.8 Å². The quantitative estimate of drug-likeness (QED) is 0.176. The van der Waals surface area contributed by atoms with Crippen molar-refractivity contribution in [2.45, 2.75) is 33.4 Å². The van der Waals surface area contributed by atoms with Crippen LogP contribution in [0.5, 0.6) is 23.0 Å². The minimum absolute atomic E-state index is 0.0154. The molecule has 1 N–H and O–H groups in total. The van der Waals surface area contributed by atoms with Crippen LogP contribution in [0, 0.1) is 0 Å². The van der Waals surface area contributed by atoms with Crippen molar-refractivity contribution < 1.29 is 33.6 Å². The van der Waals surface area contributed by atoms with Gasteiger partial charge in [0.25, 0.3) is 11.7 Å². The zero-order valence-electron chi connectivity index (χ0n) is 24.9. The molecule has 1 saturated heterocycles. The van der Waals surface area contributed by atoms with Crippen LogP contribution in [-0.4, -0.2) is 72.6 Å². The van der Waals surface area contributed by atoms with Gasteiger partial charge in [-0.15, -0.1) is 0 Å². The second-order valence-corrected chi connectivity index (χ2v) is 10.3. The number of benzene rings is 3. The van der Waals surface area contributed by atoms with Crippen LogP contribution >= 0.6 is 0 Å². The first-order valence-corrected chi connectivity index (χ1v) is 14.8. The van der Waals surface area contributed by atoms with E-state index >= 15 is 0 Å². The normalized spacial score (nSPS) is 17.4. The number of likely N-dealkylation sites (tertiary alicyclic amines) is 1. The summed E-state index contributed by atoms with van der Waals surface area (Å²) in [7, 11) is 0. The standard InChI is InChI=1S/C34H38N2O7/c1-4-35(5-2)16-17-36-31(24-12-14-27(28(20-24)40-6-3)43-22-23-10-8-7-9-11-23)30(33(38)34(36)39)32(37)25-13-15-26-29(21-25)42-19-18-41-26/h7-15,20-21,31,37H,4-6,16-19,22H2,1-3H3/t31-/m0/s1. The monoisotopic (exact) mass is 586 g/mol. The Bertz CT molecular complexity index is 1480. The van der Waals surface area contributed by atoms with Crippen molar-refractivity contribution in [1.29, 1.82) is 0 Å². The molecule has 0 bridgehead atoms. The van der Waals surface area contributed by atoms with Crippen molar-refractivity contribution >= 4 is 17.4 Å². The molecule has 2 aliphatic rings. The molecule has 0 aromatic heterocycles. The lowest BCUT2D eigenvalue weighted by atomic mass is 9.94. The summed E-state index contributed by atoms with van der Waals surface area (Å²) in [6, 6.07) is 19.4. The van der Waals surface area contributed by atoms with E-state index in [-0.39, 0.29) is 11.3 Å². The summed E-state index contributed by atoms with van der Waals surface area (Å²) in [6.45, 7) is 10.1. The molecule has 43 heavy (non-hydrogen) atoms. The Morgan fingerprint density at radius 2 is 1.65 bits per heavy atom. The molecule has 0 spiro atoms. The molecule has 0 radical (unpaired) electrons. The highest BCUT2D eigenvalue weighted by molar-refractivity contribution is 6.46. The summed E-state index contributed by atoms with van der Waals surface area (Å²) in [5.41, 5.74) is 2.02. The lowest BCUT2D eigenvalue weighted by Crippen LogP contribution is -2.38. The maximum Gasteiger partial charge on any atom is 0.295 e. The van der Waals surface area contributed by atoms with Crippen LogP contribution in [-0.2, 0) is 16.2 Å². The number of aliphatic hydroxyl groups excluding tert-OH is 1. The SMILES string of the molecule is CCOc1cc([C@H]2C(=C(O)c3ccc4c(c3)OCCO4)C(=O)C(=O)N2CCN(CC)CC)ccc1OCc1ccccc1. The lowest BCUT2D eigenvalue weighted by molar-refractivity contribution is -0.140. The van der Waals surface area contributed by atoms with Crippen LogP contribution < -0.4 is 18.9 Å². The van der Waals surface area contributed by atoms with Gasteiger partial charge in [-0.3, -0.25) is 9.59 Å². The van der Waals surface area contributed by atoms with Gasteiger partial charge in [-0.1, -0.05) is 50.2 Å². The van der Waals surface area contributed by atoms with Crippen molar-refractivity contribution in [3.63, 3.8) is 0 Å². The number of fused-ring (bicyclic) bond motifs is 1. The number of hydrogen-bond donors (Lipinski definition) is 1. The Hall–Kier alpha value is -4.50. The van der Waals surface area contributed by atoms with Gasteiger partial charge in [0, 0.05) is 18.7 Å². The van der Waals surface area contributed by atoms with E-state index in [0.29, 0.717) is 73.6 Å². The number of carbonyl (C=O) groups excluding carboxylic acids is 2. The van der Waals surface area contributed by atoms with Crippen LogP contribution in [0.3, 0.4) is 0 Å². The fraction of sp³-hybridized carbons (Fsp3) is 0.353. The molecule has 3 aromatic carbocycles. The van der Waals surface area contributed by atoms with Gasteiger partial charge in [-0.05, 0) is 61.5 Å². The zero-order chi connectivity index (χ0) is 30.3. The average Bonchev–Trinajstić information content (AvgIpc) is 3.29. The van der Waals surface area contributed by atoms with Gasteiger partial charge in [0.2, 0.25) is 0 Å². The number of nitrogens with zero attached hydrogens (tertiary/aromatic N) is 2. The zero-order valence-corrected chi connectivity index (χ0v) is 24.9. The van der Waals surface area contributed by atoms with Gasteiger partial charge < -0.3 is 33.9 Å². The van der Waals surface area contributed by atoms with Gasteiger partial charge >= 0.3 is 0 Å². The Morgan fingerprint density at radius 1 is 0.907 bits per heavy atom. The van der Waals surface area contributed by atoms with E-state index in [9.17, 15) is 14.7 Å². The van der Waals surface area contributed by atoms with E-state index in [4.69, 9.17) is 18.9 Å². The molecule has 3 aromatic rings. The molecular weight excluding hydrogens is 548 g/mol. The van der Waals surface area contributed by atoms with Crippen molar-refractivity contribution in [3.05, 3.63) is 89.0 Å². The summed E-state index contributed by atoms with van der Waals surface area (Å²) in [4.78, 5) is 30.8. The van der Waals surface area contributed by atoms with Crippen LogP contribution in [0.4, 0.5) is 0 Å². The number of aliphatic hydroxyl groups is 1. The van der Waals surface area contributed by atoms with Gasteiger partial charge in [0.15, 0.2) is 23.0 Å². The predicted octanol–water partition coefficient (Wildman–Crippen LogP) is 5.20. The van der Waals surface area contributed by atoms with E-state index in [1.165, 1.54) is 0 Å². The minimum atomic E-state index is -0.828. The molecule has 0 saturated carbocycles. The lowest BCUT2D eigenvalue weighted by Gasteiger charge is -2.28. The van der Waals surface area contributed by atoms with Gasteiger partial charge in [-0.25, -0.2) is 0 Å². The summed E-state index contributed by atoms with van der Waals surface area (Å²) >= 11 is 0. The van der Waals surface area contributed by atoms with E-state index in [2.05, 4.69) is 18.7 Å². The molecule has 1 fully saturated rings. The molecule has 9 nitrogen and oxygen atoms in total. The Balaban J connectivity index is 1.56. The van der Waals surface area contributed by atoms with Crippen molar-refractivity contribution in [2.75, 3.05) is 46.0 Å². The molecule has 2 aliphatic heterocycles. The molecule has 9 heteroatoms. The van der Waals surface area contributed by atoms with Crippen LogP contribution in [0.1, 0.15) is 43.5 Å². The van der Waals surface area contributed by atoms with Crippen molar-refractivity contribution in [2.24, 2.45) is 0 Å². The highest BCUT2D eigenvalue weighted by Gasteiger charge is 2.46. The number of Topliss-reactive ketones (excluding diaryl/α,β-unsaturated/α-hetero) is 1. The van der Waals surface area contributed by atoms with Crippen molar-refractivity contribution in [3.8, 4) is 23.0 Å². The number of amides is 1. The number of ketones is 1. The van der Waals surface area contributed by atoms with Crippen LogP contribution in [0.2, 0.25) is 0 Å². The minimum Gasteiger partial charge on any atom is -0.507 e. The first-order valence-electron chi connectivity index (χ1n) is 14.8. The molecule has 226 valence electrons. The molecule has 0 aliphatic carbocycles. The second-order valence-electron chi connectivity index (χ2n) is 10.3. The molecule has 1 atom stereocenters. The number of ether oxygens (including phenoxy) is 4. The molecule has 0 unspecified atom stereocenters. The third kappa shape index (κ3) is 6.46. The predicted molar refractivity (Wildman–Crippen MR) is 163 cm³/mol. The fourth-order valence-corrected chi connectivity index (χ4v) is 5.41. The van der Waals surface area contributed by atoms with Gasteiger partial charge in [0.05, 0.1) is 18.2 Å². The molecular formula is C34H38N2O7. The van der Waals surface area contributed by atoms with E-state index in [0.717, 1.165) is 18.7 Å². The first-order chi connectivity index (χ1) is 20.9. The van der Waals surface area contributed by atoms with E-state index < -0.39 is 17.7 Å². The summed E-state index contributed by atoms with van der Waals surface area (Å²) in [5.74, 6) is 0.407. The summed E-state index contributed by atoms with van der Waals surface area (Å²) in [6.07, 6.45) is 0. The third-order valence-corrected chi connectivity index (χ3v) is 7.73. The first kappa shape index (κ1) is 30.0. The van der Waals surface area contributed by atoms with Gasteiger partial charge in [0.1, 0.15) is 25.6 Å². The number of hydrogen-bond acceptors (Lipinski definition) is 8. The summed E-state index contributed by atoms with van der Waals surface area (Å²) in [5, 5.41) is 11.6. The van der Waals surface area contributed by atoms with Gasteiger partial charge in [-0.2, -0.15) is 0 Å². The van der Waals surface area contributed by atoms with Crippen LogP contribution in [0.25, 0.3) is 5.76 Å². The number of rotatable bonds is 12. The molecule has 2 heterocycles. The maximum absolute atomic E-state index is 13.6. The number of carbonyl (C=O) groups is 2. The van der Waals surface area contributed by atoms with E-state index in [1.807, 2.05) is 43.3 Å². The van der Waals surface area contributed by atoms with Crippen molar-refractivity contribution in [1.82, 2.24) is 9.80 Å². The second kappa shape index (κ2) is 13.6. The highest BCUT2D eigenvalue weighted by Crippen LogP contribution is 2.43. The maximum atomic E-state index is 13.6. The molecule has 5 rings (SSSR count). The van der Waals surface area contributed by atoms with E-state index in [1.54, 1.807) is 35.2 Å². The smallest absolute Gasteiger partial charge is 0.295 e. The largest absolute Gasteiger partial charge is 0.507 e. The Morgan fingerprint density at radius 3 is 2.37 bits per heavy atom. The Labute approximate surface area is 252 Å². The highest BCUT2D eigenvalue weighted by atomic mass is 16.6. The summed E-state index contributed by atoms with van der Waals surface area (Å²) < 4.78 is 23.4. The third-order valence-electron chi connectivity index (χ3n) is 7.73. The van der Waals surface area contributed by atoms with Crippen LogP contribution in [0.15, 0.2) is 72.3 Å². The molecule has 1 amide bonds. The fourth-order valence-electron chi connectivity index (χ4n) is 5.41. The average molecular weight is 587 g/mol. The number of likely N-dealkylation sites (N-methyl/N-ethyl adjacent to an activating group) is 1. The Kier molecular flexibility index (Phi) is 9.51.